The number of nitrogens with two attached hydrogens (primary N) is 1. The van der Waals surface area contributed by atoms with Gasteiger partial charge in [0.2, 0.25) is 0 Å². The lowest BCUT2D eigenvalue weighted by atomic mass is 10.1. The summed E-state index contributed by atoms with van der Waals surface area (Å²) in [7, 11) is 0. The molecule has 0 radical (unpaired) electrons. The minimum atomic E-state index is 0.453. The predicted molar refractivity (Wildman–Crippen MR) is 79.8 cm³/mol. The van der Waals surface area contributed by atoms with Crippen molar-refractivity contribution in [2.24, 2.45) is 5.73 Å². The molecule has 0 unspecified atom stereocenters. The first-order valence-corrected chi connectivity index (χ1v) is 6.77. The maximum absolute atomic E-state index is 5.64. The Labute approximate surface area is 115 Å². The molecule has 100 valence electrons. The van der Waals surface area contributed by atoms with Crippen molar-refractivity contribution in [2.75, 3.05) is 26.3 Å². The lowest BCUT2D eigenvalue weighted by Crippen LogP contribution is -2.27. The molecule has 1 aromatic carbocycles. The molecule has 0 aliphatic carbocycles. The summed E-state index contributed by atoms with van der Waals surface area (Å²) in [5, 5.41) is 0. The number of benzene rings is 1. The molecular formula is C14H22N2OS. The molecule has 3 nitrogen and oxygen atoms in total. The quantitative estimate of drug-likeness (QED) is 0.578. The fourth-order valence-electron chi connectivity index (χ4n) is 1.77. The summed E-state index contributed by atoms with van der Waals surface area (Å²) in [5.74, 6) is 0. The number of hydrogen-bond acceptors (Lipinski definition) is 3. The summed E-state index contributed by atoms with van der Waals surface area (Å²) in [6, 6.07) is 8.11. The third-order valence-electron chi connectivity index (χ3n) is 2.82. The Balaban J connectivity index is 2.58. The van der Waals surface area contributed by atoms with Crippen molar-refractivity contribution in [1.29, 1.82) is 0 Å². The number of nitrogens with zero attached hydrogens (tertiary/aromatic N) is 1. The van der Waals surface area contributed by atoms with Crippen LogP contribution in [0.5, 0.6) is 0 Å². The van der Waals surface area contributed by atoms with E-state index in [1.54, 1.807) is 0 Å². The van der Waals surface area contributed by atoms with Gasteiger partial charge in [-0.3, -0.25) is 4.90 Å². The van der Waals surface area contributed by atoms with Gasteiger partial charge in [-0.25, -0.2) is 0 Å². The van der Waals surface area contributed by atoms with Gasteiger partial charge in [0.1, 0.15) is 4.99 Å². The Morgan fingerprint density at radius 2 is 2.17 bits per heavy atom. The van der Waals surface area contributed by atoms with Gasteiger partial charge in [-0.15, -0.1) is 0 Å². The highest BCUT2D eigenvalue weighted by atomic mass is 32.1. The van der Waals surface area contributed by atoms with Gasteiger partial charge >= 0.3 is 0 Å². The van der Waals surface area contributed by atoms with Crippen molar-refractivity contribution in [3.63, 3.8) is 0 Å². The molecule has 4 heteroatoms. The van der Waals surface area contributed by atoms with E-state index in [0.717, 1.165) is 38.4 Å². The summed E-state index contributed by atoms with van der Waals surface area (Å²) >= 11 is 4.99. The van der Waals surface area contributed by atoms with E-state index in [0.29, 0.717) is 4.99 Å². The van der Waals surface area contributed by atoms with E-state index < -0.39 is 0 Å². The summed E-state index contributed by atoms with van der Waals surface area (Å²) < 4.78 is 5.38. The molecular weight excluding hydrogens is 244 g/mol. The average molecular weight is 266 g/mol. The van der Waals surface area contributed by atoms with Gasteiger partial charge in [0, 0.05) is 25.3 Å². The first-order chi connectivity index (χ1) is 8.67. The Kier molecular flexibility index (Phi) is 6.86. The molecule has 0 heterocycles. The van der Waals surface area contributed by atoms with Crippen molar-refractivity contribution in [3.05, 3.63) is 35.4 Å². The van der Waals surface area contributed by atoms with Crippen LogP contribution >= 0.6 is 12.2 Å². The Bertz CT molecular complexity index is 382. The fourth-order valence-corrected chi connectivity index (χ4v) is 1.90. The van der Waals surface area contributed by atoms with Gasteiger partial charge in [-0.2, -0.15) is 0 Å². The van der Waals surface area contributed by atoms with E-state index in [1.165, 1.54) is 5.56 Å². The number of likely N-dealkylation sites (N-methyl/N-ethyl adjacent to an activating group) is 1. The number of rotatable bonds is 8. The second-order valence-electron chi connectivity index (χ2n) is 4.13. The van der Waals surface area contributed by atoms with E-state index in [2.05, 4.69) is 24.0 Å². The zero-order valence-corrected chi connectivity index (χ0v) is 12.0. The summed E-state index contributed by atoms with van der Waals surface area (Å²) in [5.41, 5.74) is 7.81. The molecule has 18 heavy (non-hydrogen) atoms. The van der Waals surface area contributed by atoms with E-state index in [4.69, 9.17) is 22.7 Å². The molecule has 0 fully saturated rings. The first-order valence-electron chi connectivity index (χ1n) is 6.36. The average Bonchev–Trinajstić information content (AvgIpc) is 2.38. The molecule has 0 amide bonds. The van der Waals surface area contributed by atoms with Crippen molar-refractivity contribution < 1.29 is 4.74 Å². The van der Waals surface area contributed by atoms with Gasteiger partial charge in [-0.05, 0) is 25.1 Å². The fraction of sp³-hybridized carbons (Fsp3) is 0.500. The van der Waals surface area contributed by atoms with Crippen molar-refractivity contribution in [2.45, 2.75) is 20.4 Å². The van der Waals surface area contributed by atoms with Gasteiger partial charge < -0.3 is 10.5 Å². The van der Waals surface area contributed by atoms with Crippen LogP contribution in [0.3, 0.4) is 0 Å². The minimum Gasteiger partial charge on any atom is -0.389 e. The van der Waals surface area contributed by atoms with Gasteiger partial charge in [0.05, 0.1) is 6.61 Å². The third-order valence-corrected chi connectivity index (χ3v) is 3.06. The molecule has 0 aliphatic rings. The normalized spacial score (nSPS) is 10.8. The topological polar surface area (TPSA) is 38.5 Å². The van der Waals surface area contributed by atoms with Gasteiger partial charge in [0.25, 0.3) is 0 Å². The van der Waals surface area contributed by atoms with Crippen LogP contribution in [0.25, 0.3) is 0 Å². The van der Waals surface area contributed by atoms with Crippen LogP contribution in [-0.4, -0.2) is 36.2 Å². The molecule has 0 atom stereocenters. The van der Waals surface area contributed by atoms with Crippen LogP contribution in [0.1, 0.15) is 25.0 Å². The van der Waals surface area contributed by atoms with Crippen molar-refractivity contribution >= 4 is 17.2 Å². The molecule has 0 spiro atoms. The zero-order chi connectivity index (χ0) is 13.4. The van der Waals surface area contributed by atoms with Crippen LogP contribution in [0.15, 0.2) is 24.3 Å². The number of ether oxygens (including phenoxy) is 1. The van der Waals surface area contributed by atoms with Crippen LogP contribution < -0.4 is 5.73 Å². The molecule has 0 aliphatic heterocycles. The Morgan fingerprint density at radius 3 is 2.78 bits per heavy atom. The zero-order valence-electron chi connectivity index (χ0n) is 11.2. The van der Waals surface area contributed by atoms with E-state index in [9.17, 15) is 0 Å². The molecule has 0 saturated carbocycles. The molecule has 0 bridgehead atoms. The smallest absolute Gasteiger partial charge is 0.103 e. The molecule has 2 N–H and O–H groups in total. The maximum Gasteiger partial charge on any atom is 0.103 e. The van der Waals surface area contributed by atoms with Crippen molar-refractivity contribution in [3.8, 4) is 0 Å². The predicted octanol–water partition coefficient (Wildman–Crippen LogP) is 2.18. The first kappa shape index (κ1) is 15.1. The number of thiocarbonyl (C=S) groups is 1. The highest BCUT2D eigenvalue weighted by Gasteiger charge is 2.05. The van der Waals surface area contributed by atoms with Gasteiger partial charge in [-0.1, -0.05) is 37.3 Å². The van der Waals surface area contributed by atoms with E-state index in [-0.39, 0.29) is 0 Å². The summed E-state index contributed by atoms with van der Waals surface area (Å²) in [6.45, 7) is 8.57. The highest BCUT2D eigenvalue weighted by molar-refractivity contribution is 7.80. The molecule has 0 saturated heterocycles. The van der Waals surface area contributed by atoms with Gasteiger partial charge in [0.15, 0.2) is 0 Å². The third kappa shape index (κ3) is 5.12. The van der Waals surface area contributed by atoms with Crippen molar-refractivity contribution in [1.82, 2.24) is 4.90 Å². The summed E-state index contributed by atoms with van der Waals surface area (Å²) in [4.78, 5) is 2.79. The van der Waals surface area contributed by atoms with E-state index >= 15 is 0 Å². The second-order valence-corrected chi connectivity index (χ2v) is 4.57. The van der Waals surface area contributed by atoms with Crippen LogP contribution in [-0.2, 0) is 11.3 Å². The van der Waals surface area contributed by atoms with Crippen LogP contribution in [0.4, 0.5) is 0 Å². The van der Waals surface area contributed by atoms with Crippen LogP contribution in [0.2, 0.25) is 0 Å². The molecule has 1 rings (SSSR count). The molecule has 1 aromatic rings. The Morgan fingerprint density at radius 1 is 1.39 bits per heavy atom. The maximum atomic E-state index is 5.64. The highest BCUT2D eigenvalue weighted by Crippen LogP contribution is 2.08. The number of hydrogen-bond donors (Lipinski definition) is 1. The lowest BCUT2D eigenvalue weighted by Gasteiger charge is -2.20. The minimum absolute atomic E-state index is 0.453. The Hall–Kier alpha value is -0.970. The molecule has 0 aromatic heterocycles. The summed E-state index contributed by atoms with van der Waals surface area (Å²) in [6.07, 6.45) is 0. The largest absolute Gasteiger partial charge is 0.389 e. The second kappa shape index (κ2) is 8.19. The SMILES string of the molecule is CCOCCN(CC)Cc1cccc(C(N)=S)c1. The standard InChI is InChI=1S/C14H22N2OS/c1-3-16(8-9-17-4-2)11-12-6-5-7-13(10-12)14(15)18/h5-7,10H,3-4,8-9,11H2,1-2H3,(H2,15,18). The lowest BCUT2D eigenvalue weighted by molar-refractivity contribution is 0.113. The van der Waals surface area contributed by atoms with E-state index in [1.807, 2.05) is 19.1 Å². The van der Waals surface area contributed by atoms with Crippen LogP contribution in [0, 0.1) is 0 Å². The monoisotopic (exact) mass is 266 g/mol.